The van der Waals surface area contributed by atoms with Crippen LogP contribution in [0.3, 0.4) is 0 Å². The van der Waals surface area contributed by atoms with Gasteiger partial charge in [0, 0.05) is 12.2 Å². The quantitative estimate of drug-likeness (QED) is 0.559. The van der Waals surface area contributed by atoms with Gasteiger partial charge in [-0.15, -0.1) is 0 Å². The molecule has 3 heteroatoms. The molecule has 0 fully saturated rings. The molecule has 0 aliphatic rings. The number of nitrogens with one attached hydrogen (secondary N) is 1. The zero-order valence-corrected chi connectivity index (χ0v) is 10.6. The van der Waals surface area contributed by atoms with Crippen LogP contribution >= 0.6 is 0 Å². The molecule has 1 rings (SSSR count). The van der Waals surface area contributed by atoms with Crippen LogP contribution in [-0.4, -0.2) is 30.1 Å². The number of hydrogen-bond acceptors (Lipinski definition) is 3. The zero-order chi connectivity index (χ0) is 12.7. The Kier molecular flexibility index (Phi) is 5.87. The third-order valence-corrected chi connectivity index (χ3v) is 2.83. The van der Waals surface area contributed by atoms with Gasteiger partial charge >= 0.3 is 0 Å². The molecule has 0 amide bonds. The van der Waals surface area contributed by atoms with E-state index in [0.717, 1.165) is 12.0 Å². The summed E-state index contributed by atoms with van der Waals surface area (Å²) in [5, 5.41) is 11.8. The van der Waals surface area contributed by atoms with Gasteiger partial charge in [-0.2, -0.15) is 0 Å². The standard InChI is InChI=1S/C14H21NO2/c1-3-12-5-7-13(8-6-12)14(17)11(2)15-9-4-10-16/h5-8,11,15-16H,3-4,9-10H2,1-2H3. The van der Waals surface area contributed by atoms with Crippen molar-refractivity contribution in [2.45, 2.75) is 32.7 Å². The summed E-state index contributed by atoms with van der Waals surface area (Å²) in [5.74, 6) is 0.102. The molecule has 0 radical (unpaired) electrons. The van der Waals surface area contributed by atoms with E-state index in [4.69, 9.17) is 5.11 Å². The molecule has 17 heavy (non-hydrogen) atoms. The van der Waals surface area contributed by atoms with Crippen molar-refractivity contribution in [3.63, 3.8) is 0 Å². The maximum Gasteiger partial charge on any atom is 0.179 e. The Morgan fingerprint density at radius 1 is 1.35 bits per heavy atom. The summed E-state index contributed by atoms with van der Waals surface area (Å²) in [7, 11) is 0. The first-order valence-corrected chi connectivity index (χ1v) is 6.16. The van der Waals surface area contributed by atoms with Crippen molar-refractivity contribution in [3.8, 4) is 0 Å². The minimum absolute atomic E-state index is 0.102. The number of ketones is 1. The molecule has 1 unspecified atom stereocenters. The monoisotopic (exact) mass is 235 g/mol. The predicted molar refractivity (Wildman–Crippen MR) is 69.3 cm³/mol. The molecule has 3 nitrogen and oxygen atoms in total. The Balaban J connectivity index is 2.55. The van der Waals surface area contributed by atoms with Crippen molar-refractivity contribution in [1.29, 1.82) is 0 Å². The zero-order valence-electron chi connectivity index (χ0n) is 10.6. The lowest BCUT2D eigenvalue weighted by Crippen LogP contribution is -2.34. The van der Waals surface area contributed by atoms with E-state index in [1.54, 1.807) is 0 Å². The number of aliphatic hydroxyl groups is 1. The van der Waals surface area contributed by atoms with Crippen molar-refractivity contribution in [1.82, 2.24) is 5.32 Å². The molecule has 0 saturated carbocycles. The number of aliphatic hydroxyl groups excluding tert-OH is 1. The molecule has 0 aliphatic carbocycles. The van der Waals surface area contributed by atoms with Crippen molar-refractivity contribution < 1.29 is 9.90 Å². The molecule has 2 N–H and O–H groups in total. The van der Waals surface area contributed by atoms with Gasteiger partial charge in [-0.3, -0.25) is 4.79 Å². The highest BCUT2D eigenvalue weighted by Crippen LogP contribution is 2.07. The highest BCUT2D eigenvalue weighted by atomic mass is 16.3. The van der Waals surface area contributed by atoms with Gasteiger partial charge in [-0.05, 0) is 31.9 Å². The molecular formula is C14H21NO2. The summed E-state index contributed by atoms with van der Waals surface area (Å²) >= 11 is 0. The van der Waals surface area contributed by atoms with Gasteiger partial charge in [0.05, 0.1) is 6.04 Å². The Morgan fingerprint density at radius 3 is 2.53 bits per heavy atom. The van der Waals surface area contributed by atoms with Crippen LogP contribution in [0.1, 0.15) is 36.2 Å². The third kappa shape index (κ3) is 4.29. The van der Waals surface area contributed by atoms with E-state index in [1.807, 2.05) is 31.2 Å². The molecule has 0 spiro atoms. The summed E-state index contributed by atoms with van der Waals surface area (Å²) in [6, 6.07) is 7.55. The van der Waals surface area contributed by atoms with E-state index in [1.165, 1.54) is 5.56 Å². The summed E-state index contributed by atoms with van der Waals surface area (Å²) in [6.45, 7) is 4.76. The average molecular weight is 235 g/mol. The molecule has 1 aromatic carbocycles. The minimum atomic E-state index is -0.200. The number of aryl methyl sites for hydroxylation is 1. The molecule has 1 aromatic rings. The molecular weight excluding hydrogens is 214 g/mol. The average Bonchev–Trinajstić information content (AvgIpc) is 2.38. The Labute approximate surface area is 103 Å². The van der Waals surface area contributed by atoms with Crippen LogP contribution in [-0.2, 0) is 6.42 Å². The maximum absolute atomic E-state index is 12.0. The molecule has 0 aliphatic heterocycles. The molecule has 0 saturated heterocycles. The van der Waals surface area contributed by atoms with Crippen molar-refractivity contribution >= 4 is 5.78 Å². The summed E-state index contributed by atoms with van der Waals surface area (Å²) in [5.41, 5.74) is 1.98. The first kappa shape index (κ1) is 13.9. The summed E-state index contributed by atoms with van der Waals surface area (Å²) in [4.78, 5) is 12.0. The fourth-order valence-corrected chi connectivity index (χ4v) is 1.65. The highest BCUT2D eigenvalue weighted by Gasteiger charge is 2.13. The Bertz CT molecular complexity index is 346. The second kappa shape index (κ2) is 7.20. The summed E-state index contributed by atoms with van der Waals surface area (Å²) < 4.78 is 0. The Hall–Kier alpha value is -1.19. The first-order chi connectivity index (χ1) is 8.19. The number of hydrogen-bond donors (Lipinski definition) is 2. The first-order valence-electron chi connectivity index (χ1n) is 6.16. The molecule has 1 atom stereocenters. The van der Waals surface area contributed by atoms with E-state index in [2.05, 4.69) is 12.2 Å². The molecule has 0 heterocycles. The van der Waals surface area contributed by atoms with E-state index in [9.17, 15) is 4.79 Å². The third-order valence-electron chi connectivity index (χ3n) is 2.83. The van der Waals surface area contributed by atoms with Crippen LogP contribution in [0.15, 0.2) is 24.3 Å². The second-order valence-electron chi connectivity index (χ2n) is 4.17. The van der Waals surface area contributed by atoms with Crippen LogP contribution in [0, 0.1) is 0 Å². The fraction of sp³-hybridized carbons (Fsp3) is 0.500. The van der Waals surface area contributed by atoms with Gasteiger partial charge in [0.25, 0.3) is 0 Å². The van der Waals surface area contributed by atoms with E-state index < -0.39 is 0 Å². The van der Waals surface area contributed by atoms with Crippen molar-refractivity contribution in [3.05, 3.63) is 35.4 Å². The lowest BCUT2D eigenvalue weighted by Gasteiger charge is -2.12. The second-order valence-corrected chi connectivity index (χ2v) is 4.17. The lowest BCUT2D eigenvalue weighted by atomic mass is 10.0. The van der Waals surface area contributed by atoms with E-state index >= 15 is 0 Å². The van der Waals surface area contributed by atoms with E-state index in [0.29, 0.717) is 13.0 Å². The van der Waals surface area contributed by atoms with Crippen LogP contribution in [0.4, 0.5) is 0 Å². The molecule has 0 bridgehead atoms. The van der Waals surface area contributed by atoms with Crippen molar-refractivity contribution in [2.75, 3.05) is 13.2 Å². The molecule has 0 aromatic heterocycles. The predicted octanol–water partition coefficient (Wildman–Crippen LogP) is 1.79. The number of carbonyl (C=O) groups excluding carboxylic acids is 1. The molecule has 94 valence electrons. The van der Waals surface area contributed by atoms with Gasteiger partial charge in [0.2, 0.25) is 0 Å². The van der Waals surface area contributed by atoms with Gasteiger partial charge in [0.1, 0.15) is 0 Å². The minimum Gasteiger partial charge on any atom is -0.396 e. The number of carbonyl (C=O) groups is 1. The number of Topliss-reactive ketones (excluding diaryl/α,β-unsaturated/α-hetero) is 1. The van der Waals surface area contributed by atoms with Crippen LogP contribution < -0.4 is 5.32 Å². The smallest absolute Gasteiger partial charge is 0.179 e. The van der Waals surface area contributed by atoms with Gasteiger partial charge in [0.15, 0.2) is 5.78 Å². The van der Waals surface area contributed by atoms with Gasteiger partial charge in [-0.1, -0.05) is 31.2 Å². The Morgan fingerprint density at radius 2 is 2.00 bits per heavy atom. The van der Waals surface area contributed by atoms with Crippen LogP contribution in [0.25, 0.3) is 0 Å². The highest BCUT2D eigenvalue weighted by molar-refractivity contribution is 5.99. The lowest BCUT2D eigenvalue weighted by molar-refractivity contribution is 0.0950. The van der Waals surface area contributed by atoms with Gasteiger partial charge < -0.3 is 10.4 Å². The van der Waals surface area contributed by atoms with Gasteiger partial charge in [-0.25, -0.2) is 0 Å². The number of rotatable bonds is 7. The van der Waals surface area contributed by atoms with Crippen LogP contribution in [0.5, 0.6) is 0 Å². The number of benzene rings is 1. The summed E-state index contributed by atoms with van der Waals surface area (Å²) in [6.07, 6.45) is 1.66. The topological polar surface area (TPSA) is 49.3 Å². The van der Waals surface area contributed by atoms with E-state index in [-0.39, 0.29) is 18.4 Å². The maximum atomic E-state index is 12.0. The van der Waals surface area contributed by atoms with Crippen molar-refractivity contribution in [2.24, 2.45) is 0 Å². The normalized spacial score (nSPS) is 12.4. The largest absolute Gasteiger partial charge is 0.396 e. The van der Waals surface area contributed by atoms with Crippen LogP contribution in [0.2, 0.25) is 0 Å². The SMILES string of the molecule is CCc1ccc(C(=O)C(C)NCCCO)cc1. The fourth-order valence-electron chi connectivity index (χ4n) is 1.65.